The normalized spacial score (nSPS) is 14.3. The number of benzene rings is 4. The lowest BCUT2D eigenvalue weighted by atomic mass is 10.1. The van der Waals surface area contributed by atoms with E-state index < -0.39 is 10.0 Å². The third kappa shape index (κ3) is 4.96. The van der Waals surface area contributed by atoms with Gasteiger partial charge in [-0.15, -0.1) is 0 Å². The van der Waals surface area contributed by atoms with Crippen LogP contribution < -0.4 is 4.74 Å². The molecular formula is C33H30ClN3O4S. The molecule has 2 heterocycles. The molecule has 1 aromatic heterocycles. The molecule has 1 aliphatic heterocycles. The summed E-state index contributed by atoms with van der Waals surface area (Å²) in [7, 11) is -2.11. The highest BCUT2D eigenvalue weighted by molar-refractivity contribution is 7.89. The molecule has 42 heavy (non-hydrogen) atoms. The minimum Gasteiger partial charge on any atom is -0.497 e. The molecule has 1 fully saturated rings. The molecule has 214 valence electrons. The monoisotopic (exact) mass is 599 g/mol. The fraction of sp³-hybridized carbons (Fsp3) is 0.182. The Bertz CT molecular complexity index is 1890. The van der Waals surface area contributed by atoms with E-state index in [0.29, 0.717) is 16.0 Å². The lowest BCUT2D eigenvalue weighted by molar-refractivity contribution is 0.0697. The van der Waals surface area contributed by atoms with Crippen molar-refractivity contribution in [3.8, 4) is 22.7 Å². The number of piperazine rings is 1. The van der Waals surface area contributed by atoms with Gasteiger partial charge in [0.15, 0.2) is 0 Å². The van der Waals surface area contributed by atoms with Gasteiger partial charge in [-0.2, -0.15) is 4.31 Å². The summed E-state index contributed by atoms with van der Waals surface area (Å²) >= 11 is 6.62. The molecule has 6 rings (SSSR count). The van der Waals surface area contributed by atoms with Gasteiger partial charge >= 0.3 is 0 Å². The van der Waals surface area contributed by atoms with Gasteiger partial charge in [-0.25, -0.2) is 8.42 Å². The molecule has 9 heteroatoms. The highest BCUT2D eigenvalue weighted by Crippen LogP contribution is 2.34. The summed E-state index contributed by atoms with van der Waals surface area (Å²) in [5.74, 6) is 0.592. The predicted octanol–water partition coefficient (Wildman–Crippen LogP) is 6.41. The van der Waals surface area contributed by atoms with Crippen molar-refractivity contribution in [2.45, 2.75) is 11.8 Å². The second-order valence-electron chi connectivity index (χ2n) is 10.2. The zero-order valence-electron chi connectivity index (χ0n) is 23.3. The van der Waals surface area contributed by atoms with Crippen LogP contribution in [0, 0.1) is 6.92 Å². The number of hydrogen-bond donors (Lipinski definition) is 0. The van der Waals surface area contributed by atoms with Crippen LogP contribution in [0.5, 0.6) is 5.75 Å². The number of carbonyl (C=O) groups excluding carboxylic acids is 1. The molecule has 0 aliphatic carbocycles. The molecule has 7 nitrogen and oxygen atoms in total. The number of halogens is 1. The Morgan fingerprint density at radius 3 is 2.21 bits per heavy atom. The summed E-state index contributed by atoms with van der Waals surface area (Å²) in [5.41, 5.74) is 3.80. The Labute approximate surface area is 250 Å². The van der Waals surface area contributed by atoms with Crippen molar-refractivity contribution in [2.75, 3.05) is 33.3 Å². The van der Waals surface area contributed by atoms with Gasteiger partial charge in [0.2, 0.25) is 10.0 Å². The second kappa shape index (κ2) is 11.3. The number of sulfonamides is 1. The maximum Gasteiger partial charge on any atom is 0.255 e. The van der Waals surface area contributed by atoms with E-state index in [1.807, 2.05) is 96.4 Å². The smallest absolute Gasteiger partial charge is 0.255 e. The van der Waals surface area contributed by atoms with Crippen LogP contribution in [0.25, 0.3) is 27.7 Å². The van der Waals surface area contributed by atoms with Crippen LogP contribution in [0.15, 0.2) is 102 Å². The third-order valence-electron chi connectivity index (χ3n) is 7.85. The van der Waals surface area contributed by atoms with Gasteiger partial charge in [0.05, 0.1) is 34.0 Å². The molecule has 1 amide bonds. The maximum absolute atomic E-state index is 13.9. The minimum atomic E-state index is -3.73. The van der Waals surface area contributed by atoms with E-state index in [-0.39, 0.29) is 37.0 Å². The summed E-state index contributed by atoms with van der Waals surface area (Å²) in [5, 5.41) is 2.14. The van der Waals surface area contributed by atoms with Gasteiger partial charge in [0.25, 0.3) is 5.91 Å². The van der Waals surface area contributed by atoms with Gasteiger partial charge in [-0.3, -0.25) is 4.79 Å². The largest absolute Gasteiger partial charge is 0.497 e. The van der Waals surface area contributed by atoms with Crippen LogP contribution in [0.3, 0.4) is 0 Å². The fourth-order valence-corrected chi connectivity index (χ4v) is 7.46. The van der Waals surface area contributed by atoms with Crippen LogP contribution in [-0.2, 0) is 10.0 Å². The van der Waals surface area contributed by atoms with Gasteiger partial charge in [0.1, 0.15) is 5.75 Å². The van der Waals surface area contributed by atoms with E-state index in [9.17, 15) is 13.2 Å². The summed E-state index contributed by atoms with van der Waals surface area (Å²) in [4.78, 5) is 15.9. The van der Waals surface area contributed by atoms with E-state index in [0.717, 1.165) is 33.8 Å². The summed E-state index contributed by atoms with van der Waals surface area (Å²) < 4.78 is 36.1. The van der Waals surface area contributed by atoms with Gasteiger partial charge in [0, 0.05) is 37.3 Å². The van der Waals surface area contributed by atoms with Crippen LogP contribution in [0.2, 0.25) is 5.02 Å². The number of hydrogen-bond acceptors (Lipinski definition) is 4. The standard InChI is InChI=1S/C33H30ClN3O4S/c1-23-28(22-31(25-14-16-26(41-2)17-15-25)37(23)30-12-6-5-11-29(30)34)33(38)35-18-20-36(21-19-35)42(39,40)32-13-7-9-24-8-3-4-10-27(24)32/h3-17,22H,18-21H2,1-2H3. The first kappa shape index (κ1) is 28.0. The predicted molar refractivity (Wildman–Crippen MR) is 166 cm³/mol. The number of nitrogens with zero attached hydrogens (tertiary/aromatic N) is 3. The first-order chi connectivity index (χ1) is 20.3. The molecule has 0 N–H and O–H groups in total. The first-order valence-corrected chi connectivity index (χ1v) is 15.5. The van der Waals surface area contributed by atoms with Crippen molar-refractivity contribution in [1.29, 1.82) is 0 Å². The van der Waals surface area contributed by atoms with E-state index in [1.54, 1.807) is 24.1 Å². The average molecular weight is 600 g/mol. The third-order valence-corrected chi connectivity index (χ3v) is 10.1. The SMILES string of the molecule is COc1ccc(-c2cc(C(=O)N3CCN(S(=O)(=O)c4cccc5ccccc45)CC3)c(C)n2-c2ccccc2Cl)cc1. The quantitative estimate of drug-likeness (QED) is 0.226. The van der Waals surface area contributed by atoms with Crippen LogP contribution >= 0.6 is 11.6 Å². The molecule has 0 bridgehead atoms. The van der Waals surface area contributed by atoms with E-state index in [4.69, 9.17) is 16.3 Å². The van der Waals surface area contributed by atoms with Gasteiger partial charge in [-0.1, -0.05) is 60.1 Å². The molecule has 0 radical (unpaired) electrons. The van der Waals surface area contributed by atoms with E-state index in [1.165, 1.54) is 4.31 Å². The molecule has 5 aromatic rings. The van der Waals surface area contributed by atoms with Crippen LogP contribution in [-0.4, -0.2) is 61.4 Å². The van der Waals surface area contributed by atoms with Crippen molar-refractivity contribution >= 4 is 38.3 Å². The van der Waals surface area contributed by atoms with Crippen molar-refractivity contribution in [3.05, 3.63) is 113 Å². The molecule has 1 aliphatic rings. The number of aromatic nitrogens is 1. The van der Waals surface area contributed by atoms with Crippen LogP contribution in [0.1, 0.15) is 16.1 Å². The van der Waals surface area contributed by atoms with Crippen molar-refractivity contribution < 1.29 is 17.9 Å². The highest BCUT2D eigenvalue weighted by Gasteiger charge is 2.33. The number of fused-ring (bicyclic) bond motifs is 1. The van der Waals surface area contributed by atoms with E-state index >= 15 is 0 Å². The molecule has 0 atom stereocenters. The zero-order chi connectivity index (χ0) is 29.4. The Morgan fingerprint density at radius 2 is 1.50 bits per heavy atom. The zero-order valence-corrected chi connectivity index (χ0v) is 24.9. The fourth-order valence-electron chi connectivity index (χ4n) is 5.60. The van der Waals surface area contributed by atoms with Gasteiger partial charge in [-0.05, 0) is 66.4 Å². The number of ether oxygens (including phenoxy) is 1. The van der Waals surface area contributed by atoms with Crippen molar-refractivity contribution in [2.24, 2.45) is 0 Å². The number of amides is 1. The lowest BCUT2D eigenvalue weighted by Crippen LogP contribution is -2.50. The molecule has 0 saturated carbocycles. The topological polar surface area (TPSA) is 71.8 Å². The molecule has 0 spiro atoms. The van der Waals surface area contributed by atoms with Crippen molar-refractivity contribution in [1.82, 2.24) is 13.8 Å². The average Bonchev–Trinajstić information content (AvgIpc) is 3.37. The first-order valence-electron chi connectivity index (χ1n) is 13.7. The van der Waals surface area contributed by atoms with E-state index in [2.05, 4.69) is 0 Å². The summed E-state index contributed by atoms with van der Waals surface area (Å²) in [6.45, 7) is 2.92. The lowest BCUT2D eigenvalue weighted by Gasteiger charge is -2.34. The minimum absolute atomic E-state index is 0.143. The Balaban J connectivity index is 1.30. The number of para-hydroxylation sites is 1. The molecule has 0 unspecified atom stereocenters. The number of carbonyl (C=O) groups is 1. The Kier molecular flexibility index (Phi) is 7.53. The summed E-state index contributed by atoms with van der Waals surface area (Å²) in [6, 6.07) is 29.9. The molecular weight excluding hydrogens is 570 g/mol. The molecule has 4 aromatic carbocycles. The van der Waals surface area contributed by atoms with Gasteiger partial charge < -0.3 is 14.2 Å². The molecule has 1 saturated heterocycles. The second-order valence-corrected chi connectivity index (χ2v) is 12.5. The maximum atomic E-state index is 13.9. The summed E-state index contributed by atoms with van der Waals surface area (Å²) in [6.07, 6.45) is 0. The van der Waals surface area contributed by atoms with Crippen LogP contribution in [0.4, 0.5) is 0 Å². The Hall–Kier alpha value is -4.11. The number of rotatable bonds is 6. The van der Waals surface area contributed by atoms with Crippen molar-refractivity contribution in [3.63, 3.8) is 0 Å². The highest BCUT2D eigenvalue weighted by atomic mass is 35.5. The Morgan fingerprint density at radius 1 is 0.833 bits per heavy atom. The number of methoxy groups -OCH3 is 1.